The lowest BCUT2D eigenvalue weighted by atomic mass is 9.89. The number of hydrogen-bond acceptors (Lipinski definition) is 8. The third-order valence-electron chi connectivity index (χ3n) is 6.30. The van der Waals surface area contributed by atoms with Crippen molar-refractivity contribution < 1.29 is 39.5 Å². The summed E-state index contributed by atoms with van der Waals surface area (Å²) >= 11 is 0. The van der Waals surface area contributed by atoms with E-state index in [4.69, 9.17) is 9.47 Å². The molecule has 0 saturated carbocycles. The molecule has 5 N–H and O–H groups in total. The predicted octanol–water partition coefficient (Wildman–Crippen LogP) is 0.976. The Hall–Kier alpha value is -1.82. The second kappa shape index (κ2) is 12.8. The summed E-state index contributed by atoms with van der Waals surface area (Å²) in [6, 6.07) is -0.661. The van der Waals surface area contributed by atoms with Gasteiger partial charge >= 0.3 is 6.03 Å². The number of ether oxygens (including phenoxy) is 2. The van der Waals surface area contributed by atoms with Gasteiger partial charge in [-0.3, -0.25) is 15.0 Å². The number of nitrogens with one attached hydrogen (secondary N) is 1. The Bertz CT molecular complexity index is 762. The van der Waals surface area contributed by atoms with E-state index in [1.165, 1.54) is 10.5 Å². The van der Waals surface area contributed by atoms with E-state index in [9.17, 15) is 30.0 Å². The summed E-state index contributed by atoms with van der Waals surface area (Å²) in [5.41, 5.74) is 1.01. The van der Waals surface area contributed by atoms with Gasteiger partial charge in [0.1, 0.15) is 18.3 Å². The molecule has 0 radical (unpaired) electrons. The van der Waals surface area contributed by atoms with Gasteiger partial charge in [0.25, 0.3) is 0 Å². The highest BCUT2D eigenvalue weighted by atomic mass is 16.6. The molecule has 2 saturated heterocycles. The maximum atomic E-state index is 12.0. The first kappa shape index (κ1) is 28.4. The van der Waals surface area contributed by atoms with Crippen LogP contribution in [0.25, 0.3) is 0 Å². The van der Waals surface area contributed by atoms with Crippen LogP contribution in [0.2, 0.25) is 0 Å². The van der Waals surface area contributed by atoms with Gasteiger partial charge in [-0.05, 0) is 53.4 Å². The van der Waals surface area contributed by atoms with Gasteiger partial charge in [-0.1, -0.05) is 23.3 Å². The number of rotatable bonds is 12. The predicted molar refractivity (Wildman–Crippen MR) is 125 cm³/mol. The van der Waals surface area contributed by atoms with Crippen LogP contribution in [0.15, 0.2) is 23.3 Å². The van der Waals surface area contributed by atoms with Gasteiger partial charge in [-0.2, -0.15) is 0 Å². The average molecular weight is 485 g/mol. The van der Waals surface area contributed by atoms with Crippen molar-refractivity contribution in [1.29, 1.82) is 0 Å². The van der Waals surface area contributed by atoms with Gasteiger partial charge in [-0.15, -0.1) is 0 Å². The van der Waals surface area contributed by atoms with E-state index >= 15 is 0 Å². The monoisotopic (exact) mass is 484 g/mol. The van der Waals surface area contributed by atoms with Crippen molar-refractivity contribution in [1.82, 2.24) is 10.2 Å². The number of urea groups is 1. The van der Waals surface area contributed by atoms with Crippen LogP contribution in [0.4, 0.5) is 4.79 Å². The van der Waals surface area contributed by atoms with Crippen LogP contribution in [-0.2, 0) is 14.3 Å². The Kier molecular flexibility index (Phi) is 10.7. The maximum Gasteiger partial charge on any atom is 0.326 e. The van der Waals surface area contributed by atoms with Gasteiger partial charge in [0.05, 0.1) is 24.9 Å². The second-order valence-electron chi connectivity index (χ2n) is 9.66. The van der Waals surface area contributed by atoms with E-state index in [0.717, 1.165) is 5.57 Å². The lowest BCUT2D eigenvalue weighted by Gasteiger charge is -2.32. The SMILES string of the molecule is CC(C)=CCCC(C)(O)C(O)CC/C(C)=C/COC[C@H]1O[C@@H](N2CCC(=O)NC2=O)[C@H](O)[C@@H]1O. The van der Waals surface area contributed by atoms with Crippen molar-refractivity contribution in [3.8, 4) is 0 Å². The Morgan fingerprint density at radius 3 is 2.62 bits per heavy atom. The Labute approximate surface area is 201 Å². The molecular weight excluding hydrogens is 444 g/mol. The van der Waals surface area contributed by atoms with Crippen molar-refractivity contribution in [2.75, 3.05) is 19.8 Å². The molecule has 0 aliphatic carbocycles. The fraction of sp³-hybridized carbons (Fsp3) is 0.750. The lowest BCUT2D eigenvalue weighted by Crippen LogP contribution is -2.56. The number of aliphatic hydroxyl groups is 4. The van der Waals surface area contributed by atoms with Gasteiger partial charge < -0.3 is 29.9 Å². The summed E-state index contributed by atoms with van der Waals surface area (Å²) in [4.78, 5) is 24.5. The third-order valence-corrected chi connectivity index (χ3v) is 6.30. The van der Waals surface area contributed by atoms with Crippen molar-refractivity contribution >= 4 is 11.9 Å². The zero-order chi connectivity index (χ0) is 25.5. The number of carbonyl (C=O) groups excluding carboxylic acids is 2. The molecule has 2 heterocycles. The number of aliphatic hydroxyl groups excluding tert-OH is 3. The zero-order valence-electron chi connectivity index (χ0n) is 20.6. The molecule has 2 rings (SSSR count). The molecule has 194 valence electrons. The molecule has 2 aliphatic heterocycles. The van der Waals surface area contributed by atoms with Crippen LogP contribution in [0.3, 0.4) is 0 Å². The number of hydrogen-bond donors (Lipinski definition) is 5. The standard InChI is InChI=1S/C24H40N2O8/c1-15(2)6-5-11-24(4,32)18(27)8-7-16(3)10-13-33-14-17-20(29)21(30)22(34-17)26-12-9-19(28)25-23(26)31/h6,10,17-18,20-22,27,29-30,32H,5,7-9,11-14H2,1-4H3,(H,25,28,31)/b16-10+/t17-,18?,20-,21-,22-,24?/m1/s1. The highest BCUT2D eigenvalue weighted by Gasteiger charge is 2.47. The van der Waals surface area contributed by atoms with E-state index in [2.05, 4.69) is 5.32 Å². The summed E-state index contributed by atoms with van der Waals surface area (Å²) in [6.07, 6.45) is 0.929. The fourth-order valence-electron chi connectivity index (χ4n) is 3.93. The molecule has 0 aromatic carbocycles. The number of allylic oxidation sites excluding steroid dienone is 3. The summed E-state index contributed by atoms with van der Waals surface area (Å²) in [7, 11) is 0. The molecule has 3 amide bonds. The molecule has 0 aromatic rings. The van der Waals surface area contributed by atoms with Crippen molar-refractivity contribution in [3.63, 3.8) is 0 Å². The van der Waals surface area contributed by atoms with E-state index in [1.807, 2.05) is 32.9 Å². The van der Waals surface area contributed by atoms with Crippen molar-refractivity contribution in [3.05, 3.63) is 23.3 Å². The average Bonchev–Trinajstić information content (AvgIpc) is 3.03. The minimum atomic E-state index is -1.31. The molecule has 6 atom stereocenters. The minimum absolute atomic E-state index is 0.00853. The van der Waals surface area contributed by atoms with Crippen LogP contribution in [-0.4, -0.2) is 93.3 Å². The molecule has 2 unspecified atom stereocenters. The molecule has 0 bridgehead atoms. The molecular formula is C24H40N2O8. The molecule has 0 spiro atoms. The normalized spacial score (nSPS) is 28.5. The fourth-order valence-corrected chi connectivity index (χ4v) is 3.93. The Balaban J connectivity index is 1.73. The van der Waals surface area contributed by atoms with E-state index in [0.29, 0.717) is 25.7 Å². The zero-order valence-corrected chi connectivity index (χ0v) is 20.6. The summed E-state index contributed by atoms with van der Waals surface area (Å²) in [5, 5.41) is 43.6. The molecule has 10 heteroatoms. The van der Waals surface area contributed by atoms with Crippen LogP contribution in [0, 0.1) is 0 Å². The Morgan fingerprint density at radius 1 is 1.26 bits per heavy atom. The maximum absolute atomic E-state index is 12.0. The topological polar surface area (TPSA) is 149 Å². The first-order valence-corrected chi connectivity index (χ1v) is 11.8. The van der Waals surface area contributed by atoms with Gasteiger partial charge in [0, 0.05) is 13.0 Å². The van der Waals surface area contributed by atoms with Crippen LogP contribution < -0.4 is 5.32 Å². The van der Waals surface area contributed by atoms with Gasteiger partial charge in [0.15, 0.2) is 6.23 Å². The highest BCUT2D eigenvalue weighted by Crippen LogP contribution is 2.26. The van der Waals surface area contributed by atoms with Crippen LogP contribution in [0.1, 0.15) is 59.8 Å². The largest absolute Gasteiger partial charge is 0.390 e. The smallest absolute Gasteiger partial charge is 0.326 e. The van der Waals surface area contributed by atoms with Crippen molar-refractivity contribution in [2.45, 2.75) is 96.0 Å². The second-order valence-corrected chi connectivity index (χ2v) is 9.66. The summed E-state index contributed by atoms with van der Waals surface area (Å²) < 4.78 is 11.2. The number of carbonyl (C=O) groups is 2. The highest BCUT2D eigenvalue weighted by molar-refractivity contribution is 5.96. The lowest BCUT2D eigenvalue weighted by molar-refractivity contribution is -0.126. The summed E-state index contributed by atoms with van der Waals surface area (Å²) in [5.74, 6) is -0.392. The van der Waals surface area contributed by atoms with E-state index in [-0.39, 0.29) is 26.2 Å². The van der Waals surface area contributed by atoms with Gasteiger partial charge in [-0.25, -0.2) is 4.79 Å². The molecule has 2 fully saturated rings. The summed E-state index contributed by atoms with van der Waals surface area (Å²) in [6.45, 7) is 7.90. The molecule has 34 heavy (non-hydrogen) atoms. The third kappa shape index (κ3) is 8.14. The molecule has 10 nitrogen and oxygen atoms in total. The van der Waals surface area contributed by atoms with E-state index < -0.39 is 48.2 Å². The first-order valence-electron chi connectivity index (χ1n) is 11.8. The first-order chi connectivity index (χ1) is 15.9. The van der Waals surface area contributed by atoms with Crippen LogP contribution in [0.5, 0.6) is 0 Å². The quantitative estimate of drug-likeness (QED) is 0.203. The van der Waals surface area contributed by atoms with Gasteiger partial charge in [0.2, 0.25) is 5.91 Å². The minimum Gasteiger partial charge on any atom is -0.390 e. The number of amides is 3. The molecule has 2 aliphatic rings. The number of nitrogens with zero attached hydrogens (tertiary/aromatic N) is 1. The van der Waals surface area contributed by atoms with Crippen molar-refractivity contribution in [2.24, 2.45) is 0 Å². The van der Waals surface area contributed by atoms with E-state index in [1.54, 1.807) is 6.92 Å². The molecule has 0 aromatic heterocycles. The Morgan fingerprint density at radius 2 is 1.97 bits per heavy atom. The van der Waals surface area contributed by atoms with Crippen LogP contribution >= 0.6 is 0 Å². The number of imide groups is 1.